The summed E-state index contributed by atoms with van der Waals surface area (Å²) in [6, 6.07) is 9.71. The highest BCUT2D eigenvalue weighted by Crippen LogP contribution is 2.34. The number of aromatic nitrogens is 3. The molecule has 3 aromatic rings. The molecule has 0 atom stereocenters. The van der Waals surface area contributed by atoms with Crippen molar-refractivity contribution in [3.05, 3.63) is 71.1 Å². The van der Waals surface area contributed by atoms with Crippen LogP contribution in [0.3, 0.4) is 0 Å². The summed E-state index contributed by atoms with van der Waals surface area (Å²) in [4.78, 5) is 27.5. The minimum atomic E-state index is -0.467. The lowest BCUT2D eigenvalue weighted by atomic mass is 10.2. The van der Waals surface area contributed by atoms with E-state index in [9.17, 15) is 14.5 Å². The van der Waals surface area contributed by atoms with Gasteiger partial charge in [0.15, 0.2) is 0 Å². The first-order valence-electron chi connectivity index (χ1n) is 9.04. The second kappa shape index (κ2) is 8.05. The predicted octanol–water partition coefficient (Wildman–Crippen LogP) is 2.99. The molecule has 1 saturated heterocycles. The van der Waals surface area contributed by atoms with Gasteiger partial charge in [-0.05, 0) is 36.4 Å². The molecule has 9 nitrogen and oxygen atoms in total. The number of halogens is 1. The summed E-state index contributed by atoms with van der Waals surface area (Å²) in [5, 5.41) is 14.8. The van der Waals surface area contributed by atoms with Gasteiger partial charge in [0.2, 0.25) is 11.6 Å². The van der Waals surface area contributed by atoms with Crippen LogP contribution in [-0.4, -0.2) is 46.1 Å². The van der Waals surface area contributed by atoms with Crippen LogP contribution in [0.25, 0.3) is 0 Å². The molecule has 2 aromatic heterocycles. The molecule has 0 amide bonds. The minimum absolute atomic E-state index is 0.132. The average Bonchev–Trinajstić information content (AvgIpc) is 2.75. The Bertz CT molecular complexity index is 993. The Kier molecular flexibility index (Phi) is 5.14. The van der Waals surface area contributed by atoms with E-state index < -0.39 is 4.92 Å². The van der Waals surface area contributed by atoms with Crippen LogP contribution >= 0.6 is 0 Å². The van der Waals surface area contributed by atoms with E-state index in [2.05, 4.69) is 25.2 Å². The summed E-state index contributed by atoms with van der Waals surface area (Å²) in [6.07, 6.45) is 4.49. The van der Waals surface area contributed by atoms with Gasteiger partial charge >= 0.3 is 5.69 Å². The topological polar surface area (TPSA) is 100 Å². The fourth-order valence-corrected chi connectivity index (χ4v) is 3.26. The van der Waals surface area contributed by atoms with E-state index in [0.717, 1.165) is 5.69 Å². The summed E-state index contributed by atoms with van der Waals surface area (Å²) in [5.74, 6) is 0.130. The van der Waals surface area contributed by atoms with E-state index in [4.69, 9.17) is 0 Å². The Labute approximate surface area is 166 Å². The maximum absolute atomic E-state index is 13.1. The van der Waals surface area contributed by atoms with Gasteiger partial charge in [0, 0.05) is 49.9 Å². The van der Waals surface area contributed by atoms with Crippen molar-refractivity contribution in [3.63, 3.8) is 0 Å². The Hall–Kier alpha value is -3.82. The monoisotopic (exact) mass is 395 g/mol. The van der Waals surface area contributed by atoms with Crippen LogP contribution in [0.5, 0.6) is 0 Å². The van der Waals surface area contributed by atoms with Gasteiger partial charge in [-0.15, -0.1) is 0 Å². The largest absolute Gasteiger partial charge is 0.368 e. The van der Waals surface area contributed by atoms with Crippen LogP contribution in [-0.2, 0) is 0 Å². The number of benzene rings is 1. The SMILES string of the molecule is O=[N+]([O-])c1c(Nc2ccncc2)ncnc1N1CCN(c2ccc(F)cc2)CC1. The molecule has 1 aliphatic rings. The van der Waals surface area contributed by atoms with Crippen LogP contribution in [0, 0.1) is 15.9 Å². The van der Waals surface area contributed by atoms with Crippen molar-refractivity contribution in [2.45, 2.75) is 0 Å². The molecular formula is C19H18FN7O2. The van der Waals surface area contributed by atoms with Crippen molar-refractivity contribution in [2.24, 2.45) is 0 Å². The van der Waals surface area contributed by atoms with Gasteiger partial charge in [-0.25, -0.2) is 14.4 Å². The van der Waals surface area contributed by atoms with Gasteiger partial charge in [-0.2, -0.15) is 0 Å². The average molecular weight is 395 g/mol. The zero-order valence-corrected chi connectivity index (χ0v) is 15.4. The van der Waals surface area contributed by atoms with Crippen LogP contribution < -0.4 is 15.1 Å². The lowest BCUT2D eigenvalue weighted by Gasteiger charge is -2.36. The summed E-state index contributed by atoms with van der Waals surface area (Å²) < 4.78 is 13.1. The highest BCUT2D eigenvalue weighted by molar-refractivity contribution is 5.74. The quantitative estimate of drug-likeness (QED) is 0.520. The summed E-state index contributed by atoms with van der Waals surface area (Å²) >= 11 is 0. The molecule has 3 heterocycles. The van der Waals surface area contributed by atoms with Gasteiger partial charge < -0.3 is 15.1 Å². The molecule has 1 N–H and O–H groups in total. The molecule has 0 saturated carbocycles. The second-order valence-electron chi connectivity index (χ2n) is 6.46. The maximum Gasteiger partial charge on any atom is 0.353 e. The van der Waals surface area contributed by atoms with Crippen molar-refractivity contribution in [3.8, 4) is 0 Å². The van der Waals surface area contributed by atoms with Gasteiger partial charge in [0.05, 0.1) is 4.92 Å². The number of nitrogens with zero attached hydrogens (tertiary/aromatic N) is 6. The standard InChI is InChI=1S/C19H18FN7O2/c20-14-1-3-16(4-2-14)25-9-11-26(12-10-25)19-17(27(28)29)18(22-13-23-19)24-15-5-7-21-8-6-15/h1-8,13H,9-12H2,(H,21,22,23,24). The number of hydrogen-bond donors (Lipinski definition) is 1. The van der Waals surface area contributed by atoms with Gasteiger partial charge in [0.1, 0.15) is 12.1 Å². The van der Waals surface area contributed by atoms with Gasteiger partial charge in [-0.3, -0.25) is 15.1 Å². The van der Waals surface area contributed by atoms with E-state index >= 15 is 0 Å². The number of anilines is 4. The fraction of sp³-hybridized carbons (Fsp3) is 0.211. The smallest absolute Gasteiger partial charge is 0.353 e. The zero-order valence-electron chi connectivity index (χ0n) is 15.4. The number of hydrogen-bond acceptors (Lipinski definition) is 8. The molecule has 29 heavy (non-hydrogen) atoms. The van der Waals surface area contributed by atoms with Crippen LogP contribution in [0.15, 0.2) is 55.1 Å². The normalized spacial score (nSPS) is 14.0. The predicted molar refractivity (Wildman–Crippen MR) is 107 cm³/mol. The molecular weight excluding hydrogens is 377 g/mol. The van der Waals surface area contributed by atoms with Gasteiger partial charge in [0.25, 0.3) is 0 Å². The lowest BCUT2D eigenvalue weighted by Crippen LogP contribution is -2.47. The first kappa shape index (κ1) is 18.5. The molecule has 10 heteroatoms. The molecule has 148 valence electrons. The Morgan fingerprint density at radius 2 is 1.62 bits per heavy atom. The highest BCUT2D eigenvalue weighted by Gasteiger charge is 2.29. The van der Waals surface area contributed by atoms with Crippen LogP contribution in [0.2, 0.25) is 0 Å². The molecule has 1 aliphatic heterocycles. The van der Waals surface area contributed by atoms with Crippen molar-refractivity contribution >= 4 is 28.7 Å². The molecule has 0 bridgehead atoms. The van der Waals surface area contributed by atoms with E-state index in [-0.39, 0.29) is 23.1 Å². The van der Waals surface area contributed by atoms with E-state index in [0.29, 0.717) is 31.9 Å². The van der Waals surface area contributed by atoms with E-state index in [1.54, 1.807) is 36.7 Å². The van der Waals surface area contributed by atoms with Crippen molar-refractivity contribution < 1.29 is 9.31 Å². The van der Waals surface area contributed by atoms with E-state index in [1.165, 1.54) is 18.5 Å². The number of rotatable bonds is 5. The molecule has 0 radical (unpaired) electrons. The molecule has 1 fully saturated rings. The lowest BCUT2D eigenvalue weighted by molar-refractivity contribution is -0.383. The first-order chi connectivity index (χ1) is 14.1. The minimum Gasteiger partial charge on any atom is -0.368 e. The molecule has 1 aromatic carbocycles. The van der Waals surface area contributed by atoms with Gasteiger partial charge in [-0.1, -0.05) is 0 Å². The fourth-order valence-electron chi connectivity index (χ4n) is 3.26. The number of pyridine rings is 1. The third-order valence-corrected chi connectivity index (χ3v) is 4.70. The summed E-state index contributed by atoms with van der Waals surface area (Å²) in [5.41, 5.74) is 1.40. The van der Waals surface area contributed by atoms with Crippen molar-refractivity contribution in [1.82, 2.24) is 15.0 Å². The summed E-state index contributed by atoms with van der Waals surface area (Å²) in [6.45, 7) is 2.37. The number of nitro groups is 1. The summed E-state index contributed by atoms with van der Waals surface area (Å²) in [7, 11) is 0. The Morgan fingerprint density at radius 1 is 0.966 bits per heavy atom. The third kappa shape index (κ3) is 4.05. The second-order valence-corrected chi connectivity index (χ2v) is 6.46. The molecule has 0 spiro atoms. The number of nitrogens with one attached hydrogen (secondary N) is 1. The maximum atomic E-state index is 13.1. The third-order valence-electron chi connectivity index (χ3n) is 4.70. The highest BCUT2D eigenvalue weighted by atomic mass is 19.1. The van der Waals surface area contributed by atoms with Crippen molar-refractivity contribution in [1.29, 1.82) is 0 Å². The van der Waals surface area contributed by atoms with Crippen LogP contribution in [0.4, 0.5) is 33.1 Å². The molecule has 4 rings (SSSR count). The molecule has 0 unspecified atom stereocenters. The zero-order chi connectivity index (χ0) is 20.2. The van der Waals surface area contributed by atoms with Crippen LogP contribution in [0.1, 0.15) is 0 Å². The Morgan fingerprint density at radius 3 is 2.28 bits per heavy atom. The molecule has 0 aliphatic carbocycles. The first-order valence-corrected chi connectivity index (χ1v) is 9.04. The number of piperazine rings is 1. The Balaban J connectivity index is 1.55. The van der Waals surface area contributed by atoms with Crippen molar-refractivity contribution in [2.75, 3.05) is 41.3 Å². The van der Waals surface area contributed by atoms with E-state index in [1.807, 2.05) is 4.90 Å².